The van der Waals surface area contributed by atoms with E-state index in [2.05, 4.69) is 20.8 Å². The SMILES string of the molecule is COc1ccccc1-c1noc(CNc2ccccc2NC(=O)Cc2cccs2)n1. The molecule has 0 aliphatic rings. The minimum Gasteiger partial charge on any atom is -0.496 e. The smallest absolute Gasteiger partial charge is 0.246 e. The van der Waals surface area contributed by atoms with Crippen LogP contribution in [0, 0.1) is 0 Å². The van der Waals surface area contributed by atoms with E-state index in [4.69, 9.17) is 9.26 Å². The van der Waals surface area contributed by atoms with Crippen molar-refractivity contribution in [3.8, 4) is 17.1 Å². The molecule has 1 amide bonds. The maximum absolute atomic E-state index is 12.3. The van der Waals surface area contributed by atoms with Gasteiger partial charge in [-0.3, -0.25) is 4.79 Å². The number of hydrogen-bond donors (Lipinski definition) is 2. The average Bonchev–Trinajstić information content (AvgIpc) is 3.45. The molecule has 0 aliphatic heterocycles. The minimum atomic E-state index is -0.0667. The van der Waals surface area contributed by atoms with Gasteiger partial charge in [0.1, 0.15) is 5.75 Å². The summed E-state index contributed by atoms with van der Waals surface area (Å²) >= 11 is 1.56. The van der Waals surface area contributed by atoms with Gasteiger partial charge in [0, 0.05) is 4.88 Å². The predicted octanol–water partition coefficient (Wildman–Crippen LogP) is 4.60. The number of para-hydroxylation sites is 3. The summed E-state index contributed by atoms with van der Waals surface area (Å²) in [6.07, 6.45) is 0.345. The number of amides is 1. The van der Waals surface area contributed by atoms with Gasteiger partial charge in [0.05, 0.1) is 37.0 Å². The molecule has 0 atom stereocenters. The topological polar surface area (TPSA) is 89.3 Å². The first kappa shape index (κ1) is 19.7. The van der Waals surface area contributed by atoms with Crippen molar-refractivity contribution in [1.29, 1.82) is 0 Å². The van der Waals surface area contributed by atoms with Crippen molar-refractivity contribution >= 4 is 28.6 Å². The fraction of sp³-hybridized carbons (Fsp3) is 0.136. The molecule has 7 nitrogen and oxygen atoms in total. The largest absolute Gasteiger partial charge is 0.496 e. The predicted molar refractivity (Wildman–Crippen MR) is 117 cm³/mol. The van der Waals surface area contributed by atoms with E-state index in [-0.39, 0.29) is 5.91 Å². The zero-order valence-electron chi connectivity index (χ0n) is 16.3. The standard InChI is InChI=1S/C22H20N4O3S/c1-28-19-11-5-2-8-16(19)22-25-21(29-26-22)14-23-17-9-3-4-10-18(17)24-20(27)13-15-7-6-12-30-15/h2-12,23H,13-14H2,1H3,(H,24,27). The maximum Gasteiger partial charge on any atom is 0.246 e. The Labute approximate surface area is 177 Å². The molecule has 0 radical (unpaired) electrons. The molecule has 4 rings (SSSR count). The van der Waals surface area contributed by atoms with Crippen LogP contribution in [0.5, 0.6) is 5.75 Å². The lowest BCUT2D eigenvalue weighted by atomic mass is 10.2. The number of anilines is 2. The lowest BCUT2D eigenvalue weighted by molar-refractivity contribution is -0.115. The van der Waals surface area contributed by atoms with Gasteiger partial charge in [0.25, 0.3) is 0 Å². The van der Waals surface area contributed by atoms with E-state index < -0.39 is 0 Å². The number of hydrogen-bond acceptors (Lipinski definition) is 7. The Morgan fingerprint density at radius 3 is 2.67 bits per heavy atom. The number of ether oxygens (including phenoxy) is 1. The van der Waals surface area contributed by atoms with E-state index in [1.807, 2.05) is 66.0 Å². The first-order valence-electron chi connectivity index (χ1n) is 9.34. The second-order valence-electron chi connectivity index (χ2n) is 6.42. The molecule has 152 valence electrons. The van der Waals surface area contributed by atoms with Crippen LogP contribution < -0.4 is 15.4 Å². The number of carbonyl (C=O) groups excluding carboxylic acids is 1. The van der Waals surface area contributed by atoms with Crippen molar-refractivity contribution in [2.75, 3.05) is 17.7 Å². The van der Waals surface area contributed by atoms with Crippen molar-refractivity contribution in [3.63, 3.8) is 0 Å². The molecule has 2 aromatic heterocycles. The number of rotatable bonds is 8. The van der Waals surface area contributed by atoms with Crippen LogP contribution >= 0.6 is 11.3 Å². The molecule has 0 spiro atoms. The molecule has 0 unspecified atom stereocenters. The number of nitrogens with zero attached hydrogens (tertiary/aromatic N) is 2. The Morgan fingerprint density at radius 1 is 1.07 bits per heavy atom. The second-order valence-corrected chi connectivity index (χ2v) is 7.45. The summed E-state index contributed by atoms with van der Waals surface area (Å²) in [5, 5.41) is 12.2. The van der Waals surface area contributed by atoms with Gasteiger partial charge in [-0.1, -0.05) is 35.5 Å². The number of methoxy groups -OCH3 is 1. The summed E-state index contributed by atoms with van der Waals surface area (Å²) in [5.41, 5.74) is 2.23. The van der Waals surface area contributed by atoms with E-state index >= 15 is 0 Å². The Bertz CT molecular complexity index is 1120. The highest BCUT2D eigenvalue weighted by molar-refractivity contribution is 7.10. The van der Waals surface area contributed by atoms with Crippen molar-refractivity contribution < 1.29 is 14.1 Å². The molecular weight excluding hydrogens is 400 g/mol. The maximum atomic E-state index is 12.3. The first-order chi connectivity index (χ1) is 14.7. The van der Waals surface area contributed by atoms with Crippen LogP contribution in [0.15, 0.2) is 70.6 Å². The number of nitrogens with one attached hydrogen (secondary N) is 2. The lowest BCUT2D eigenvalue weighted by Gasteiger charge is -2.11. The third kappa shape index (κ3) is 4.66. The van der Waals surface area contributed by atoms with Crippen LogP contribution in [0.1, 0.15) is 10.8 Å². The minimum absolute atomic E-state index is 0.0667. The highest BCUT2D eigenvalue weighted by atomic mass is 32.1. The van der Waals surface area contributed by atoms with Gasteiger partial charge in [0.2, 0.25) is 17.6 Å². The third-order valence-electron chi connectivity index (χ3n) is 4.36. The summed E-state index contributed by atoms with van der Waals surface area (Å²) in [4.78, 5) is 17.8. The molecule has 2 aromatic carbocycles. The summed E-state index contributed by atoms with van der Waals surface area (Å²) in [6.45, 7) is 0.319. The van der Waals surface area contributed by atoms with Gasteiger partial charge in [-0.2, -0.15) is 4.98 Å². The van der Waals surface area contributed by atoms with E-state index in [1.54, 1.807) is 18.4 Å². The zero-order chi connectivity index (χ0) is 20.8. The lowest BCUT2D eigenvalue weighted by Crippen LogP contribution is -2.15. The Morgan fingerprint density at radius 2 is 1.87 bits per heavy atom. The Balaban J connectivity index is 1.42. The van der Waals surface area contributed by atoms with Crippen LogP contribution in [0.2, 0.25) is 0 Å². The van der Waals surface area contributed by atoms with E-state index in [0.29, 0.717) is 36.1 Å². The van der Waals surface area contributed by atoms with Crippen molar-refractivity contribution in [1.82, 2.24) is 10.1 Å². The first-order valence-corrected chi connectivity index (χ1v) is 10.2. The van der Waals surface area contributed by atoms with Crippen molar-refractivity contribution in [2.24, 2.45) is 0 Å². The van der Waals surface area contributed by atoms with Gasteiger partial charge >= 0.3 is 0 Å². The van der Waals surface area contributed by atoms with Crippen molar-refractivity contribution in [2.45, 2.75) is 13.0 Å². The van der Waals surface area contributed by atoms with Gasteiger partial charge < -0.3 is 19.9 Å². The van der Waals surface area contributed by atoms with Crippen LogP contribution in [0.4, 0.5) is 11.4 Å². The number of thiophene rings is 1. The molecule has 0 bridgehead atoms. The molecule has 30 heavy (non-hydrogen) atoms. The number of benzene rings is 2. The molecule has 4 aromatic rings. The van der Waals surface area contributed by atoms with Crippen LogP contribution in [0.25, 0.3) is 11.4 Å². The molecule has 0 saturated carbocycles. The van der Waals surface area contributed by atoms with Crippen LogP contribution in [-0.2, 0) is 17.8 Å². The average molecular weight is 420 g/mol. The third-order valence-corrected chi connectivity index (χ3v) is 5.24. The number of carbonyl (C=O) groups is 1. The molecule has 8 heteroatoms. The highest BCUT2D eigenvalue weighted by Gasteiger charge is 2.13. The molecule has 0 aliphatic carbocycles. The van der Waals surface area contributed by atoms with Gasteiger partial charge in [-0.15, -0.1) is 11.3 Å². The van der Waals surface area contributed by atoms with Gasteiger partial charge in [-0.25, -0.2) is 0 Å². The normalized spacial score (nSPS) is 10.6. The van der Waals surface area contributed by atoms with Crippen molar-refractivity contribution in [3.05, 3.63) is 76.8 Å². The molecule has 0 fully saturated rings. The summed E-state index contributed by atoms with van der Waals surface area (Å²) in [5.74, 6) is 1.50. The monoisotopic (exact) mass is 420 g/mol. The molecule has 0 saturated heterocycles. The quantitative estimate of drug-likeness (QED) is 0.433. The Hall–Kier alpha value is -3.65. The van der Waals surface area contributed by atoms with E-state index in [9.17, 15) is 4.79 Å². The molecular formula is C22H20N4O3S. The van der Waals surface area contributed by atoms with Crippen LogP contribution in [-0.4, -0.2) is 23.2 Å². The van der Waals surface area contributed by atoms with E-state index in [1.165, 1.54) is 0 Å². The highest BCUT2D eigenvalue weighted by Crippen LogP contribution is 2.27. The summed E-state index contributed by atoms with van der Waals surface area (Å²) in [7, 11) is 1.60. The van der Waals surface area contributed by atoms with Crippen LogP contribution in [0.3, 0.4) is 0 Å². The van der Waals surface area contributed by atoms with E-state index in [0.717, 1.165) is 16.1 Å². The Kier molecular flexibility index (Phi) is 6.05. The van der Waals surface area contributed by atoms with Gasteiger partial charge in [-0.05, 0) is 35.7 Å². The molecule has 2 heterocycles. The molecule has 2 N–H and O–H groups in total. The summed E-state index contributed by atoms with van der Waals surface area (Å²) in [6, 6.07) is 18.9. The number of aromatic nitrogens is 2. The van der Waals surface area contributed by atoms with Gasteiger partial charge in [0.15, 0.2) is 0 Å². The fourth-order valence-electron chi connectivity index (χ4n) is 2.95. The second kappa shape index (κ2) is 9.23. The fourth-order valence-corrected chi connectivity index (χ4v) is 3.65. The summed E-state index contributed by atoms with van der Waals surface area (Å²) < 4.78 is 10.7. The zero-order valence-corrected chi connectivity index (χ0v) is 17.1.